The fourth-order valence-corrected chi connectivity index (χ4v) is 0.977. The Morgan fingerprint density at radius 2 is 1.91 bits per heavy atom. The third kappa shape index (κ3) is 2.38. The molecular weight excluding hydrogens is 204 g/mol. The van der Waals surface area contributed by atoms with Gasteiger partial charge >= 0.3 is 0 Å². The summed E-state index contributed by atoms with van der Waals surface area (Å²) in [6.45, 7) is 0.0853. The summed E-state index contributed by atoms with van der Waals surface area (Å²) >= 11 is 3.01. The third-order valence-corrected chi connectivity index (χ3v) is 1.53. The van der Waals surface area contributed by atoms with Crippen molar-refractivity contribution in [3.05, 3.63) is 35.4 Å². The second-order valence-electron chi connectivity index (χ2n) is 2.07. The van der Waals surface area contributed by atoms with Crippen molar-refractivity contribution >= 4 is 15.9 Å². The largest absolute Gasteiger partial charge is 0.392 e. The van der Waals surface area contributed by atoms with E-state index in [1.165, 1.54) is 0 Å². The summed E-state index contributed by atoms with van der Waals surface area (Å²) in [6, 6.07) is 7.46. The smallest absolute Gasteiger partial charge is 0.0681 e. The average Bonchev–Trinajstić information content (AvgIpc) is 2.07. The molecule has 0 atom stereocenters. The molecular formula is C9H7BrO. The zero-order valence-corrected chi connectivity index (χ0v) is 7.43. The molecule has 0 fully saturated rings. The van der Waals surface area contributed by atoms with E-state index in [-0.39, 0.29) is 6.61 Å². The van der Waals surface area contributed by atoms with Gasteiger partial charge in [0.15, 0.2) is 0 Å². The van der Waals surface area contributed by atoms with Crippen LogP contribution in [0, 0.1) is 10.8 Å². The Kier molecular flexibility index (Phi) is 3.15. The molecule has 0 aliphatic rings. The molecule has 0 spiro atoms. The van der Waals surface area contributed by atoms with Crippen molar-refractivity contribution in [3.63, 3.8) is 0 Å². The van der Waals surface area contributed by atoms with E-state index in [4.69, 9.17) is 5.11 Å². The number of aliphatic hydroxyl groups is 1. The monoisotopic (exact) mass is 210 g/mol. The van der Waals surface area contributed by atoms with Gasteiger partial charge in [-0.25, -0.2) is 0 Å². The molecule has 1 rings (SSSR count). The topological polar surface area (TPSA) is 20.2 Å². The summed E-state index contributed by atoms with van der Waals surface area (Å²) < 4.78 is 0. The lowest BCUT2D eigenvalue weighted by Crippen LogP contribution is -1.81. The van der Waals surface area contributed by atoms with Crippen LogP contribution in [0.4, 0.5) is 0 Å². The van der Waals surface area contributed by atoms with Gasteiger partial charge in [-0.3, -0.25) is 0 Å². The van der Waals surface area contributed by atoms with Crippen molar-refractivity contribution in [1.29, 1.82) is 0 Å². The Morgan fingerprint density at radius 3 is 2.36 bits per heavy atom. The fraction of sp³-hybridized carbons (Fsp3) is 0.111. The summed E-state index contributed by atoms with van der Waals surface area (Å²) in [5, 5.41) is 8.71. The van der Waals surface area contributed by atoms with Crippen molar-refractivity contribution in [1.82, 2.24) is 0 Å². The molecule has 2 heteroatoms. The second kappa shape index (κ2) is 4.17. The molecule has 0 saturated carbocycles. The third-order valence-electron chi connectivity index (χ3n) is 1.33. The standard InChI is InChI=1S/C9H7BrO/c10-6-5-8-1-3-9(7-11)4-2-8/h1-4,11H,7H2. The number of hydrogen-bond donors (Lipinski definition) is 1. The number of aliphatic hydroxyl groups excluding tert-OH is 1. The van der Waals surface area contributed by atoms with Gasteiger partial charge in [-0.2, -0.15) is 0 Å². The van der Waals surface area contributed by atoms with Crippen LogP contribution in [0.15, 0.2) is 24.3 Å². The van der Waals surface area contributed by atoms with Gasteiger partial charge < -0.3 is 5.11 Å². The number of hydrogen-bond acceptors (Lipinski definition) is 1. The van der Waals surface area contributed by atoms with E-state index < -0.39 is 0 Å². The molecule has 0 aliphatic carbocycles. The van der Waals surface area contributed by atoms with E-state index in [1.807, 2.05) is 24.3 Å². The lowest BCUT2D eigenvalue weighted by molar-refractivity contribution is 0.282. The van der Waals surface area contributed by atoms with E-state index in [0.717, 1.165) is 11.1 Å². The Balaban J connectivity index is 2.88. The molecule has 0 aliphatic heterocycles. The highest BCUT2D eigenvalue weighted by Crippen LogP contribution is 2.02. The van der Waals surface area contributed by atoms with E-state index in [2.05, 4.69) is 26.7 Å². The summed E-state index contributed by atoms with van der Waals surface area (Å²) in [7, 11) is 0. The maximum absolute atomic E-state index is 8.71. The van der Waals surface area contributed by atoms with Crippen LogP contribution >= 0.6 is 15.9 Å². The van der Waals surface area contributed by atoms with Gasteiger partial charge in [0.05, 0.1) is 6.61 Å². The van der Waals surface area contributed by atoms with Crippen molar-refractivity contribution in [2.75, 3.05) is 0 Å². The van der Waals surface area contributed by atoms with Gasteiger partial charge in [-0.15, -0.1) is 0 Å². The van der Waals surface area contributed by atoms with Crippen molar-refractivity contribution in [3.8, 4) is 10.8 Å². The Morgan fingerprint density at radius 1 is 1.27 bits per heavy atom. The molecule has 0 heterocycles. The van der Waals surface area contributed by atoms with Gasteiger partial charge in [0.25, 0.3) is 0 Å². The molecule has 0 unspecified atom stereocenters. The van der Waals surface area contributed by atoms with E-state index in [0.29, 0.717) is 0 Å². The zero-order valence-electron chi connectivity index (χ0n) is 5.84. The maximum Gasteiger partial charge on any atom is 0.0681 e. The first-order valence-corrected chi connectivity index (χ1v) is 3.97. The molecule has 1 aromatic rings. The summed E-state index contributed by atoms with van der Waals surface area (Å²) in [5.41, 5.74) is 1.85. The first kappa shape index (κ1) is 8.32. The van der Waals surface area contributed by atoms with Crippen LogP contribution in [-0.4, -0.2) is 5.11 Å². The van der Waals surface area contributed by atoms with Crippen LogP contribution < -0.4 is 0 Å². The van der Waals surface area contributed by atoms with Crippen molar-refractivity contribution < 1.29 is 5.11 Å². The quantitative estimate of drug-likeness (QED) is 0.703. The predicted octanol–water partition coefficient (Wildman–Crippen LogP) is 1.88. The normalized spacial score (nSPS) is 8.55. The minimum absolute atomic E-state index is 0.0853. The zero-order chi connectivity index (χ0) is 8.10. The molecule has 11 heavy (non-hydrogen) atoms. The van der Waals surface area contributed by atoms with Gasteiger partial charge in [0, 0.05) is 21.5 Å². The number of halogens is 1. The number of benzene rings is 1. The highest BCUT2D eigenvalue weighted by atomic mass is 79.9. The van der Waals surface area contributed by atoms with Crippen LogP contribution in [0.25, 0.3) is 0 Å². The SMILES string of the molecule is OCc1ccc(C#CBr)cc1. The minimum atomic E-state index is 0.0853. The lowest BCUT2D eigenvalue weighted by atomic mass is 10.1. The predicted molar refractivity (Wildman–Crippen MR) is 48.2 cm³/mol. The van der Waals surface area contributed by atoms with Gasteiger partial charge in [0.2, 0.25) is 0 Å². The lowest BCUT2D eigenvalue weighted by Gasteiger charge is -1.93. The minimum Gasteiger partial charge on any atom is -0.392 e. The molecule has 0 saturated heterocycles. The molecule has 0 aromatic heterocycles. The fourth-order valence-electron chi connectivity index (χ4n) is 0.748. The van der Waals surface area contributed by atoms with Gasteiger partial charge in [0.1, 0.15) is 0 Å². The Labute approximate surface area is 74.2 Å². The van der Waals surface area contributed by atoms with Crippen LogP contribution in [0.2, 0.25) is 0 Å². The molecule has 0 amide bonds. The summed E-state index contributed by atoms with van der Waals surface area (Å²) in [6.07, 6.45) is 0. The molecule has 1 aromatic carbocycles. The Hall–Kier alpha value is -0.780. The molecule has 1 N–H and O–H groups in total. The molecule has 56 valence electrons. The van der Waals surface area contributed by atoms with E-state index in [1.54, 1.807) is 0 Å². The maximum atomic E-state index is 8.71. The summed E-state index contributed by atoms with van der Waals surface area (Å²) in [4.78, 5) is 2.62. The highest BCUT2D eigenvalue weighted by Gasteiger charge is 1.88. The van der Waals surface area contributed by atoms with Crippen molar-refractivity contribution in [2.24, 2.45) is 0 Å². The van der Waals surface area contributed by atoms with Crippen LogP contribution in [0.3, 0.4) is 0 Å². The van der Waals surface area contributed by atoms with Crippen molar-refractivity contribution in [2.45, 2.75) is 6.61 Å². The van der Waals surface area contributed by atoms with Crippen LogP contribution in [0.5, 0.6) is 0 Å². The van der Waals surface area contributed by atoms with E-state index in [9.17, 15) is 0 Å². The van der Waals surface area contributed by atoms with Gasteiger partial charge in [-0.05, 0) is 22.5 Å². The molecule has 1 nitrogen and oxygen atoms in total. The van der Waals surface area contributed by atoms with Crippen LogP contribution in [-0.2, 0) is 6.61 Å². The van der Waals surface area contributed by atoms with Crippen LogP contribution in [0.1, 0.15) is 11.1 Å². The first-order valence-electron chi connectivity index (χ1n) is 3.18. The summed E-state index contributed by atoms with van der Waals surface area (Å²) in [5.74, 6) is 2.84. The first-order chi connectivity index (χ1) is 5.36. The highest BCUT2D eigenvalue weighted by molar-refractivity contribution is 9.12. The van der Waals surface area contributed by atoms with Gasteiger partial charge in [-0.1, -0.05) is 18.1 Å². The van der Waals surface area contributed by atoms with E-state index >= 15 is 0 Å². The second-order valence-corrected chi connectivity index (χ2v) is 2.47. The molecule has 0 radical (unpaired) electrons. The Bertz CT molecular complexity index is 279. The average molecular weight is 211 g/mol. The molecule has 0 bridgehead atoms. The number of rotatable bonds is 1.